The summed E-state index contributed by atoms with van der Waals surface area (Å²) in [7, 11) is -3.09. The van der Waals surface area contributed by atoms with Crippen LogP contribution in [0.5, 0.6) is 0 Å². The zero-order valence-corrected chi connectivity index (χ0v) is 14.5. The van der Waals surface area contributed by atoms with Gasteiger partial charge in [-0.2, -0.15) is 0 Å². The van der Waals surface area contributed by atoms with Crippen LogP contribution >= 0.6 is 11.3 Å². The van der Waals surface area contributed by atoms with E-state index < -0.39 is 10.0 Å². The SMILES string of the molecule is CCS(=O)(=O)NCC[C@@H]1CCOC12CN(Cc1nccs1)C2. The molecule has 2 aliphatic rings. The molecule has 0 aromatic carbocycles. The minimum atomic E-state index is -3.09. The first-order chi connectivity index (χ1) is 10.5. The van der Waals surface area contributed by atoms with Crippen LogP contribution in [0.15, 0.2) is 11.6 Å². The molecule has 1 aromatic heterocycles. The molecule has 2 aliphatic heterocycles. The number of nitrogens with zero attached hydrogens (tertiary/aromatic N) is 2. The van der Waals surface area contributed by atoms with Crippen molar-refractivity contribution in [1.29, 1.82) is 0 Å². The lowest BCUT2D eigenvalue weighted by Gasteiger charge is -2.50. The van der Waals surface area contributed by atoms with E-state index in [-0.39, 0.29) is 11.4 Å². The molecule has 3 heterocycles. The summed E-state index contributed by atoms with van der Waals surface area (Å²) in [4.78, 5) is 6.67. The molecular formula is C14H23N3O3S2. The Bertz CT molecular complexity index is 582. The first kappa shape index (κ1) is 16.3. The number of likely N-dealkylation sites (tertiary alicyclic amines) is 1. The Morgan fingerprint density at radius 2 is 2.36 bits per heavy atom. The number of rotatable bonds is 7. The van der Waals surface area contributed by atoms with Gasteiger partial charge in [-0.05, 0) is 25.7 Å². The predicted molar refractivity (Wildman–Crippen MR) is 86.3 cm³/mol. The molecule has 2 saturated heterocycles. The second kappa shape index (κ2) is 6.52. The fourth-order valence-corrected chi connectivity index (χ4v) is 4.67. The second-order valence-electron chi connectivity index (χ2n) is 6.06. The number of nitrogens with one attached hydrogen (secondary N) is 1. The van der Waals surface area contributed by atoms with Gasteiger partial charge in [0, 0.05) is 37.8 Å². The van der Waals surface area contributed by atoms with Crippen molar-refractivity contribution in [2.24, 2.45) is 5.92 Å². The normalized spacial score (nSPS) is 24.7. The third kappa shape index (κ3) is 3.51. The number of aromatic nitrogens is 1. The molecule has 0 amide bonds. The van der Waals surface area contributed by atoms with E-state index in [1.54, 1.807) is 18.3 Å². The summed E-state index contributed by atoms with van der Waals surface area (Å²) in [5.74, 6) is 0.584. The second-order valence-corrected chi connectivity index (χ2v) is 9.13. The van der Waals surface area contributed by atoms with Crippen LogP contribution in [0.2, 0.25) is 0 Å². The van der Waals surface area contributed by atoms with Gasteiger partial charge in [0.25, 0.3) is 0 Å². The lowest BCUT2D eigenvalue weighted by atomic mass is 9.79. The zero-order valence-electron chi connectivity index (χ0n) is 12.8. The zero-order chi connectivity index (χ0) is 15.6. The minimum absolute atomic E-state index is 0.0606. The molecule has 1 spiro atoms. The van der Waals surface area contributed by atoms with Crippen molar-refractivity contribution in [2.75, 3.05) is 32.0 Å². The number of sulfonamides is 1. The first-order valence-electron chi connectivity index (χ1n) is 7.75. The smallest absolute Gasteiger partial charge is 0.211 e. The molecule has 124 valence electrons. The van der Waals surface area contributed by atoms with Gasteiger partial charge >= 0.3 is 0 Å². The summed E-state index contributed by atoms with van der Waals surface area (Å²) < 4.78 is 31.7. The van der Waals surface area contributed by atoms with Crippen molar-refractivity contribution in [3.8, 4) is 0 Å². The van der Waals surface area contributed by atoms with E-state index in [0.29, 0.717) is 12.5 Å². The minimum Gasteiger partial charge on any atom is -0.372 e. The van der Waals surface area contributed by atoms with E-state index in [9.17, 15) is 8.42 Å². The Labute approximate surface area is 135 Å². The maximum atomic E-state index is 11.5. The maximum absolute atomic E-state index is 11.5. The molecule has 2 fully saturated rings. The van der Waals surface area contributed by atoms with E-state index >= 15 is 0 Å². The van der Waals surface area contributed by atoms with Crippen molar-refractivity contribution >= 4 is 21.4 Å². The molecule has 0 radical (unpaired) electrons. The van der Waals surface area contributed by atoms with Gasteiger partial charge in [0.05, 0.1) is 17.9 Å². The summed E-state index contributed by atoms with van der Waals surface area (Å²) in [6.45, 7) is 5.70. The van der Waals surface area contributed by atoms with Gasteiger partial charge in [0.1, 0.15) is 5.01 Å². The summed E-state index contributed by atoms with van der Waals surface area (Å²) in [6.07, 6.45) is 3.72. The molecular weight excluding hydrogens is 322 g/mol. The van der Waals surface area contributed by atoms with E-state index in [1.165, 1.54) is 0 Å². The fourth-order valence-electron chi connectivity index (χ4n) is 3.38. The molecule has 0 unspecified atom stereocenters. The Balaban J connectivity index is 1.47. The van der Waals surface area contributed by atoms with Gasteiger partial charge in [-0.1, -0.05) is 0 Å². The highest BCUT2D eigenvalue weighted by atomic mass is 32.2. The molecule has 1 atom stereocenters. The topological polar surface area (TPSA) is 71.5 Å². The summed E-state index contributed by atoms with van der Waals surface area (Å²) in [5, 5.41) is 3.14. The average molecular weight is 345 g/mol. The van der Waals surface area contributed by atoms with Crippen LogP contribution in [0.1, 0.15) is 24.8 Å². The lowest BCUT2D eigenvalue weighted by molar-refractivity contribution is -0.136. The van der Waals surface area contributed by atoms with E-state index in [2.05, 4.69) is 14.6 Å². The Morgan fingerprint density at radius 3 is 3.05 bits per heavy atom. The van der Waals surface area contributed by atoms with Crippen LogP contribution in [0, 0.1) is 5.92 Å². The highest BCUT2D eigenvalue weighted by Crippen LogP contribution is 2.42. The van der Waals surface area contributed by atoms with Crippen LogP contribution in [-0.4, -0.2) is 55.9 Å². The van der Waals surface area contributed by atoms with Crippen molar-refractivity contribution in [1.82, 2.24) is 14.6 Å². The third-order valence-electron chi connectivity index (χ3n) is 4.62. The maximum Gasteiger partial charge on any atom is 0.211 e. The van der Waals surface area contributed by atoms with Gasteiger partial charge in [-0.25, -0.2) is 18.1 Å². The van der Waals surface area contributed by atoms with Crippen LogP contribution in [-0.2, 0) is 21.3 Å². The molecule has 0 bridgehead atoms. The third-order valence-corrected chi connectivity index (χ3v) is 6.79. The highest BCUT2D eigenvalue weighted by molar-refractivity contribution is 7.89. The Morgan fingerprint density at radius 1 is 1.55 bits per heavy atom. The van der Waals surface area contributed by atoms with Gasteiger partial charge < -0.3 is 4.74 Å². The molecule has 1 N–H and O–H groups in total. The number of hydrogen-bond acceptors (Lipinski definition) is 6. The Kier molecular flexibility index (Phi) is 4.84. The van der Waals surface area contributed by atoms with Crippen molar-refractivity contribution in [3.05, 3.63) is 16.6 Å². The fraction of sp³-hybridized carbons (Fsp3) is 0.786. The van der Waals surface area contributed by atoms with Crippen LogP contribution in [0.25, 0.3) is 0 Å². The molecule has 3 rings (SSSR count). The predicted octanol–water partition coefficient (Wildman–Crippen LogP) is 1.06. The van der Waals surface area contributed by atoms with Crippen molar-refractivity contribution in [3.63, 3.8) is 0 Å². The van der Waals surface area contributed by atoms with Crippen LogP contribution in [0.3, 0.4) is 0 Å². The molecule has 1 aromatic rings. The largest absolute Gasteiger partial charge is 0.372 e. The Hall–Kier alpha value is -0.540. The molecule has 0 aliphatic carbocycles. The molecule has 6 nitrogen and oxygen atoms in total. The quantitative estimate of drug-likeness (QED) is 0.800. The molecule has 22 heavy (non-hydrogen) atoms. The summed E-state index contributed by atoms with van der Waals surface area (Å²) in [5.41, 5.74) is -0.0606. The van der Waals surface area contributed by atoms with Crippen LogP contribution < -0.4 is 4.72 Å². The first-order valence-corrected chi connectivity index (χ1v) is 10.3. The van der Waals surface area contributed by atoms with E-state index in [0.717, 1.165) is 44.1 Å². The number of thiazole rings is 1. The number of ether oxygens (including phenoxy) is 1. The van der Waals surface area contributed by atoms with Crippen molar-refractivity contribution in [2.45, 2.75) is 31.9 Å². The number of hydrogen-bond donors (Lipinski definition) is 1. The monoisotopic (exact) mass is 345 g/mol. The van der Waals surface area contributed by atoms with Gasteiger partial charge in [0.15, 0.2) is 0 Å². The van der Waals surface area contributed by atoms with E-state index in [1.807, 2.05) is 11.6 Å². The van der Waals surface area contributed by atoms with E-state index in [4.69, 9.17) is 4.74 Å². The van der Waals surface area contributed by atoms with Gasteiger partial charge in [-0.3, -0.25) is 4.90 Å². The highest BCUT2D eigenvalue weighted by Gasteiger charge is 2.52. The molecule has 0 saturated carbocycles. The lowest BCUT2D eigenvalue weighted by Crippen LogP contribution is -2.64. The standard InChI is InChI=1S/C14H23N3O3S2/c1-2-22(18,19)16-5-3-12-4-7-20-14(12)10-17(11-14)9-13-15-6-8-21-13/h6,8,12,16H,2-5,7,9-11H2,1H3/t12-/m1/s1. The summed E-state index contributed by atoms with van der Waals surface area (Å²) >= 11 is 1.68. The van der Waals surface area contributed by atoms with Crippen LogP contribution in [0.4, 0.5) is 0 Å². The van der Waals surface area contributed by atoms with Crippen molar-refractivity contribution < 1.29 is 13.2 Å². The molecule has 8 heteroatoms. The van der Waals surface area contributed by atoms with Gasteiger partial charge in [0.2, 0.25) is 10.0 Å². The van der Waals surface area contributed by atoms with Gasteiger partial charge in [-0.15, -0.1) is 11.3 Å². The average Bonchev–Trinajstić information content (AvgIpc) is 3.08. The summed E-state index contributed by atoms with van der Waals surface area (Å²) in [6, 6.07) is 0.